The minimum absolute atomic E-state index is 0.184. The van der Waals surface area contributed by atoms with Crippen LogP contribution in [0.25, 0.3) is 0 Å². The van der Waals surface area contributed by atoms with Crippen LogP contribution >= 0.6 is 11.3 Å². The van der Waals surface area contributed by atoms with Gasteiger partial charge in [-0.3, -0.25) is 0 Å². The first-order chi connectivity index (χ1) is 7.54. The average Bonchev–Trinajstić information content (AvgIpc) is 2.45. The molecule has 16 heavy (non-hydrogen) atoms. The first kappa shape index (κ1) is 12.1. The van der Waals surface area contributed by atoms with Gasteiger partial charge in [-0.15, -0.1) is 11.3 Å². The number of aromatic nitrogens is 1. The largest absolute Gasteiger partial charge is 0.306 e. The second-order valence-electron chi connectivity index (χ2n) is 5.64. The topological polar surface area (TPSA) is 24.9 Å². The third-order valence-corrected chi connectivity index (χ3v) is 4.07. The lowest BCUT2D eigenvalue weighted by Gasteiger charge is -2.19. The summed E-state index contributed by atoms with van der Waals surface area (Å²) in [4.78, 5) is 6.31. The third-order valence-electron chi connectivity index (χ3n) is 2.91. The zero-order valence-electron chi connectivity index (χ0n) is 10.6. The molecule has 1 aromatic rings. The van der Waals surface area contributed by atoms with Crippen molar-refractivity contribution in [1.82, 2.24) is 10.3 Å². The molecule has 0 aliphatic heterocycles. The van der Waals surface area contributed by atoms with Gasteiger partial charge in [0.05, 0.1) is 5.69 Å². The Kier molecular flexibility index (Phi) is 3.65. The van der Waals surface area contributed by atoms with Crippen molar-refractivity contribution in [1.29, 1.82) is 0 Å². The van der Waals surface area contributed by atoms with Crippen LogP contribution in [0, 0.1) is 0 Å². The van der Waals surface area contributed by atoms with Crippen molar-refractivity contribution in [2.45, 2.75) is 65.0 Å². The standard InChI is InChI=1S/C13H22N2S/c1-13(2,3)14-9-12-15-10-7-5-4-6-8-11(10)16-12/h14H,4-9H2,1-3H3. The van der Waals surface area contributed by atoms with Gasteiger partial charge in [-0.05, 0) is 46.5 Å². The molecule has 1 heterocycles. The van der Waals surface area contributed by atoms with Crippen LogP contribution in [0.4, 0.5) is 0 Å². The Balaban J connectivity index is 2.01. The highest BCUT2D eigenvalue weighted by Crippen LogP contribution is 2.26. The van der Waals surface area contributed by atoms with E-state index in [9.17, 15) is 0 Å². The molecule has 1 aliphatic carbocycles. The van der Waals surface area contributed by atoms with Crippen LogP contribution in [0.1, 0.15) is 55.6 Å². The molecule has 0 amide bonds. The zero-order valence-corrected chi connectivity index (χ0v) is 11.4. The van der Waals surface area contributed by atoms with Gasteiger partial charge in [0.25, 0.3) is 0 Å². The highest BCUT2D eigenvalue weighted by atomic mass is 32.1. The highest BCUT2D eigenvalue weighted by Gasteiger charge is 2.15. The van der Waals surface area contributed by atoms with E-state index in [1.54, 1.807) is 4.88 Å². The summed E-state index contributed by atoms with van der Waals surface area (Å²) in [6.07, 6.45) is 6.49. The predicted octanol–water partition coefficient (Wildman–Crippen LogP) is 3.30. The summed E-state index contributed by atoms with van der Waals surface area (Å²) < 4.78 is 0. The normalized spacial score (nSPS) is 16.9. The lowest BCUT2D eigenvalue weighted by Crippen LogP contribution is -2.35. The maximum Gasteiger partial charge on any atom is 0.107 e. The fourth-order valence-electron chi connectivity index (χ4n) is 2.00. The van der Waals surface area contributed by atoms with Crippen LogP contribution in [-0.2, 0) is 19.4 Å². The van der Waals surface area contributed by atoms with E-state index in [2.05, 4.69) is 26.1 Å². The molecule has 1 aliphatic rings. The number of nitrogens with zero attached hydrogens (tertiary/aromatic N) is 1. The van der Waals surface area contributed by atoms with E-state index in [-0.39, 0.29) is 5.54 Å². The fraction of sp³-hybridized carbons (Fsp3) is 0.769. The molecule has 0 spiro atoms. The van der Waals surface area contributed by atoms with Crippen LogP contribution in [0.15, 0.2) is 0 Å². The van der Waals surface area contributed by atoms with Gasteiger partial charge in [0.2, 0.25) is 0 Å². The molecule has 1 N–H and O–H groups in total. The summed E-state index contributed by atoms with van der Waals surface area (Å²) in [6.45, 7) is 7.52. The summed E-state index contributed by atoms with van der Waals surface area (Å²) >= 11 is 1.92. The Hall–Kier alpha value is -0.410. The minimum atomic E-state index is 0.184. The Bertz CT molecular complexity index is 326. The van der Waals surface area contributed by atoms with Crippen molar-refractivity contribution in [3.8, 4) is 0 Å². The maximum atomic E-state index is 4.77. The number of nitrogens with one attached hydrogen (secondary N) is 1. The van der Waals surface area contributed by atoms with Crippen LogP contribution < -0.4 is 5.32 Å². The molecular formula is C13H22N2S. The second-order valence-corrected chi connectivity index (χ2v) is 6.81. The van der Waals surface area contributed by atoms with Gasteiger partial charge < -0.3 is 5.32 Å². The molecule has 3 heteroatoms. The van der Waals surface area contributed by atoms with Gasteiger partial charge in [-0.25, -0.2) is 4.98 Å². The molecule has 0 aromatic carbocycles. The molecule has 2 nitrogen and oxygen atoms in total. The van der Waals surface area contributed by atoms with Crippen molar-refractivity contribution >= 4 is 11.3 Å². The van der Waals surface area contributed by atoms with Gasteiger partial charge in [0.15, 0.2) is 0 Å². The highest BCUT2D eigenvalue weighted by molar-refractivity contribution is 7.11. The second kappa shape index (κ2) is 4.84. The fourth-order valence-corrected chi connectivity index (χ4v) is 3.10. The van der Waals surface area contributed by atoms with Crippen molar-refractivity contribution in [2.75, 3.05) is 0 Å². The number of hydrogen-bond acceptors (Lipinski definition) is 3. The van der Waals surface area contributed by atoms with E-state index in [1.807, 2.05) is 11.3 Å². The van der Waals surface area contributed by atoms with E-state index in [1.165, 1.54) is 42.8 Å². The van der Waals surface area contributed by atoms with E-state index < -0.39 is 0 Å². The number of aryl methyl sites for hydroxylation is 2. The quantitative estimate of drug-likeness (QED) is 0.800. The smallest absolute Gasteiger partial charge is 0.107 e. The summed E-state index contributed by atoms with van der Waals surface area (Å²) in [5.74, 6) is 0. The van der Waals surface area contributed by atoms with Gasteiger partial charge in [0, 0.05) is 17.0 Å². The van der Waals surface area contributed by atoms with Crippen LogP contribution in [0.3, 0.4) is 0 Å². The van der Waals surface area contributed by atoms with Gasteiger partial charge in [-0.2, -0.15) is 0 Å². The van der Waals surface area contributed by atoms with E-state index in [0.717, 1.165) is 6.54 Å². The van der Waals surface area contributed by atoms with Crippen molar-refractivity contribution in [3.05, 3.63) is 15.6 Å². The van der Waals surface area contributed by atoms with Crippen LogP contribution in [-0.4, -0.2) is 10.5 Å². The SMILES string of the molecule is CC(C)(C)NCc1nc2c(s1)CCCCC2. The van der Waals surface area contributed by atoms with Gasteiger partial charge in [0.1, 0.15) is 5.01 Å². The molecule has 0 radical (unpaired) electrons. The maximum absolute atomic E-state index is 4.77. The summed E-state index contributed by atoms with van der Waals surface area (Å²) in [5, 5.41) is 4.78. The average molecular weight is 238 g/mol. The minimum Gasteiger partial charge on any atom is -0.306 e. The number of fused-ring (bicyclic) bond motifs is 1. The van der Waals surface area contributed by atoms with Crippen molar-refractivity contribution < 1.29 is 0 Å². The number of thiazole rings is 1. The summed E-state index contributed by atoms with van der Waals surface area (Å²) in [7, 11) is 0. The van der Waals surface area contributed by atoms with Crippen LogP contribution in [0.5, 0.6) is 0 Å². The molecule has 0 bridgehead atoms. The molecular weight excluding hydrogens is 216 g/mol. The number of rotatable bonds is 2. The lowest BCUT2D eigenvalue weighted by molar-refractivity contribution is 0.423. The Morgan fingerprint density at radius 2 is 1.94 bits per heavy atom. The first-order valence-electron chi connectivity index (χ1n) is 6.27. The van der Waals surface area contributed by atoms with E-state index in [0.29, 0.717) is 0 Å². The molecule has 1 aromatic heterocycles. The third kappa shape index (κ3) is 3.29. The summed E-state index contributed by atoms with van der Waals surface area (Å²) in [6, 6.07) is 0. The van der Waals surface area contributed by atoms with Crippen LogP contribution in [0.2, 0.25) is 0 Å². The Morgan fingerprint density at radius 3 is 2.69 bits per heavy atom. The molecule has 0 fully saturated rings. The monoisotopic (exact) mass is 238 g/mol. The lowest BCUT2D eigenvalue weighted by atomic mass is 10.1. The zero-order chi connectivity index (χ0) is 11.6. The molecule has 0 atom stereocenters. The first-order valence-corrected chi connectivity index (χ1v) is 7.09. The molecule has 2 rings (SSSR count). The van der Waals surface area contributed by atoms with E-state index in [4.69, 9.17) is 4.98 Å². The van der Waals surface area contributed by atoms with E-state index >= 15 is 0 Å². The van der Waals surface area contributed by atoms with Gasteiger partial charge in [-0.1, -0.05) is 6.42 Å². The van der Waals surface area contributed by atoms with Gasteiger partial charge >= 0.3 is 0 Å². The Morgan fingerprint density at radius 1 is 1.19 bits per heavy atom. The Labute approximate surface area is 102 Å². The van der Waals surface area contributed by atoms with Crippen molar-refractivity contribution in [2.24, 2.45) is 0 Å². The predicted molar refractivity (Wildman–Crippen MR) is 70.0 cm³/mol. The number of hydrogen-bond donors (Lipinski definition) is 1. The molecule has 0 unspecified atom stereocenters. The van der Waals surface area contributed by atoms with Crippen molar-refractivity contribution in [3.63, 3.8) is 0 Å². The molecule has 0 saturated carbocycles. The molecule has 90 valence electrons. The summed E-state index contributed by atoms with van der Waals surface area (Å²) in [5.41, 5.74) is 1.57. The molecule has 0 saturated heterocycles.